The lowest BCUT2D eigenvalue weighted by Gasteiger charge is -2.10. The van der Waals surface area contributed by atoms with Crippen molar-refractivity contribution in [2.75, 3.05) is 0 Å². The van der Waals surface area contributed by atoms with Gasteiger partial charge in [0.2, 0.25) is 0 Å². The highest BCUT2D eigenvalue weighted by molar-refractivity contribution is 5.84. The van der Waals surface area contributed by atoms with Crippen LogP contribution in [0.1, 0.15) is 34.9 Å². The second kappa shape index (κ2) is 10.2. The molecule has 3 aromatic carbocycles. The first-order valence-corrected chi connectivity index (χ1v) is 11.3. The average molecular weight is 468 g/mol. The summed E-state index contributed by atoms with van der Waals surface area (Å²) in [6.45, 7) is 2.10. The van der Waals surface area contributed by atoms with Gasteiger partial charge in [-0.25, -0.2) is 4.39 Å². The second-order valence-electron chi connectivity index (χ2n) is 8.30. The van der Waals surface area contributed by atoms with Gasteiger partial charge in [0.1, 0.15) is 11.6 Å². The molecule has 0 unspecified atom stereocenters. The largest absolute Gasteiger partial charge is 0.573 e. The van der Waals surface area contributed by atoms with Crippen molar-refractivity contribution in [1.29, 1.82) is 0 Å². The molecule has 1 heterocycles. The van der Waals surface area contributed by atoms with Crippen molar-refractivity contribution in [2.45, 2.75) is 45.4 Å². The van der Waals surface area contributed by atoms with Crippen LogP contribution in [0, 0.1) is 5.82 Å². The lowest BCUT2D eigenvalue weighted by atomic mass is 9.98. The minimum absolute atomic E-state index is 0.252. The third kappa shape index (κ3) is 6.13. The number of rotatable bonds is 8. The van der Waals surface area contributed by atoms with Crippen molar-refractivity contribution in [1.82, 2.24) is 4.98 Å². The first-order chi connectivity index (χ1) is 16.3. The summed E-state index contributed by atoms with van der Waals surface area (Å²) in [4.78, 5) is 4.50. The highest BCUT2D eigenvalue weighted by Crippen LogP contribution is 2.26. The van der Waals surface area contributed by atoms with Gasteiger partial charge in [-0.3, -0.25) is 4.98 Å². The van der Waals surface area contributed by atoms with Crippen molar-refractivity contribution in [3.8, 4) is 5.75 Å². The first-order valence-electron chi connectivity index (χ1n) is 11.3. The Morgan fingerprint density at radius 2 is 1.47 bits per heavy atom. The Labute approximate surface area is 196 Å². The minimum Gasteiger partial charge on any atom is -0.406 e. The Morgan fingerprint density at radius 1 is 0.765 bits per heavy atom. The van der Waals surface area contributed by atoms with E-state index in [1.165, 1.54) is 17.7 Å². The molecule has 0 N–H and O–H groups in total. The lowest BCUT2D eigenvalue weighted by Crippen LogP contribution is -2.17. The number of benzene rings is 3. The third-order valence-electron chi connectivity index (χ3n) is 5.90. The van der Waals surface area contributed by atoms with Gasteiger partial charge in [0.15, 0.2) is 0 Å². The topological polar surface area (TPSA) is 22.1 Å². The SMILES string of the molecule is CCc1ccc(CCc2ccc3c(F)c(CCc4ccc(OC(F)(F)F)cc4)ccc3c2)nc1. The predicted octanol–water partition coefficient (Wildman–Crippen LogP) is 7.41. The van der Waals surface area contributed by atoms with Gasteiger partial charge >= 0.3 is 6.36 Å². The number of hydrogen-bond donors (Lipinski definition) is 0. The molecule has 0 fully saturated rings. The van der Waals surface area contributed by atoms with Crippen molar-refractivity contribution in [3.63, 3.8) is 0 Å². The molecule has 176 valence electrons. The van der Waals surface area contributed by atoms with Crippen molar-refractivity contribution >= 4 is 10.8 Å². The van der Waals surface area contributed by atoms with E-state index in [4.69, 9.17) is 0 Å². The summed E-state index contributed by atoms with van der Waals surface area (Å²) in [6, 6.07) is 19.3. The van der Waals surface area contributed by atoms with E-state index in [9.17, 15) is 13.2 Å². The maximum Gasteiger partial charge on any atom is 0.573 e. The Bertz CT molecular complexity index is 1250. The fraction of sp³-hybridized carbons (Fsp3) is 0.250. The second-order valence-corrected chi connectivity index (χ2v) is 8.30. The Balaban J connectivity index is 1.40. The number of alkyl halides is 3. The molecule has 0 bridgehead atoms. The molecule has 0 atom stereocenters. The number of nitrogens with zero attached hydrogens (tertiary/aromatic N) is 1. The quantitative estimate of drug-likeness (QED) is 0.252. The van der Waals surface area contributed by atoms with E-state index >= 15 is 4.39 Å². The van der Waals surface area contributed by atoms with Gasteiger partial charge in [0, 0.05) is 17.3 Å². The maximum absolute atomic E-state index is 15.1. The zero-order valence-electron chi connectivity index (χ0n) is 18.8. The van der Waals surface area contributed by atoms with E-state index in [0.717, 1.165) is 41.5 Å². The monoisotopic (exact) mass is 467 g/mol. The zero-order chi connectivity index (χ0) is 24.1. The number of aromatic nitrogens is 1. The molecule has 0 radical (unpaired) electrons. The Kier molecular flexibility index (Phi) is 7.15. The van der Waals surface area contributed by atoms with Crippen LogP contribution in [0.3, 0.4) is 0 Å². The molecule has 0 aliphatic rings. The number of hydrogen-bond acceptors (Lipinski definition) is 2. The van der Waals surface area contributed by atoms with E-state index < -0.39 is 6.36 Å². The van der Waals surface area contributed by atoms with E-state index in [1.54, 1.807) is 18.2 Å². The molecule has 2 nitrogen and oxygen atoms in total. The van der Waals surface area contributed by atoms with Crippen LogP contribution in [0.15, 0.2) is 72.9 Å². The van der Waals surface area contributed by atoms with Crippen LogP contribution in [0.2, 0.25) is 0 Å². The fourth-order valence-electron chi connectivity index (χ4n) is 3.96. The lowest BCUT2D eigenvalue weighted by molar-refractivity contribution is -0.274. The van der Waals surface area contributed by atoms with Gasteiger partial charge in [0.25, 0.3) is 0 Å². The maximum atomic E-state index is 15.1. The van der Waals surface area contributed by atoms with Gasteiger partial charge < -0.3 is 4.74 Å². The smallest absolute Gasteiger partial charge is 0.406 e. The molecule has 0 saturated carbocycles. The molecule has 4 rings (SSSR count). The van der Waals surface area contributed by atoms with Crippen LogP contribution >= 0.6 is 0 Å². The molecule has 34 heavy (non-hydrogen) atoms. The standard InChI is InChI=1S/C28H25F4NO/c1-2-19-4-12-24(33-18-19)13-5-21-8-16-26-23(17-21)11-10-22(27(26)29)9-3-20-6-14-25(15-7-20)34-28(30,31)32/h4,6-8,10-12,14-18H,2-3,5,9,13H2,1H3. The molecule has 0 amide bonds. The summed E-state index contributed by atoms with van der Waals surface area (Å²) >= 11 is 0. The Morgan fingerprint density at radius 3 is 2.15 bits per heavy atom. The zero-order valence-corrected chi connectivity index (χ0v) is 18.8. The normalized spacial score (nSPS) is 11.7. The van der Waals surface area contributed by atoms with Crippen molar-refractivity contribution < 1.29 is 22.3 Å². The van der Waals surface area contributed by atoms with Crippen LogP contribution in [0.25, 0.3) is 10.8 Å². The van der Waals surface area contributed by atoms with Gasteiger partial charge in [-0.05, 0) is 77.9 Å². The highest BCUT2D eigenvalue weighted by atomic mass is 19.4. The van der Waals surface area contributed by atoms with E-state index in [1.807, 2.05) is 30.5 Å². The average Bonchev–Trinajstić information content (AvgIpc) is 2.82. The number of halogens is 4. The molecular weight excluding hydrogens is 442 g/mol. The third-order valence-corrected chi connectivity index (χ3v) is 5.90. The van der Waals surface area contributed by atoms with Crippen LogP contribution in [0.4, 0.5) is 17.6 Å². The summed E-state index contributed by atoms with van der Waals surface area (Å²) < 4.78 is 55.9. The van der Waals surface area contributed by atoms with Crippen molar-refractivity contribution in [3.05, 3.63) is 107 Å². The Hall–Kier alpha value is -3.41. The van der Waals surface area contributed by atoms with E-state index in [-0.39, 0.29) is 11.6 Å². The number of ether oxygens (including phenoxy) is 1. The van der Waals surface area contributed by atoms with Gasteiger partial charge in [-0.2, -0.15) is 0 Å². The molecule has 6 heteroatoms. The van der Waals surface area contributed by atoms with Gasteiger partial charge in [-0.1, -0.05) is 55.5 Å². The van der Waals surface area contributed by atoms with E-state index in [0.29, 0.717) is 23.8 Å². The highest BCUT2D eigenvalue weighted by Gasteiger charge is 2.30. The summed E-state index contributed by atoms with van der Waals surface area (Å²) in [5, 5.41) is 1.42. The van der Waals surface area contributed by atoms with Gasteiger partial charge in [-0.15, -0.1) is 13.2 Å². The predicted molar refractivity (Wildman–Crippen MR) is 125 cm³/mol. The summed E-state index contributed by atoms with van der Waals surface area (Å²) in [7, 11) is 0. The van der Waals surface area contributed by atoms with Crippen LogP contribution in [-0.2, 0) is 32.1 Å². The molecule has 0 aliphatic carbocycles. The van der Waals surface area contributed by atoms with Crippen LogP contribution in [0.5, 0.6) is 5.75 Å². The molecule has 4 aromatic rings. The first kappa shape index (κ1) is 23.7. The number of fused-ring (bicyclic) bond motifs is 1. The van der Waals surface area contributed by atoms with Crippen LogP contribution in [-0.4, -0.2) is 11.3 Å². The summed E-state index contributed by atoms with van der Waals surface area (Å²) in [5.74, 6) is -0.518. The van der Waals surface area contributed by atoms with Gasteiger partial charge in [0.05, 0.1) is 0 Å². The summed E-state index contributed by atoms with van der Waals surface area (Å²) in [5.41, 5.74) is 4.77. The van der Waals surface area contributed by atoms with Crippen molar-refractivity contribution in [2.24, 2.45) is 0 Å². The molecule has 1 aromatic heterocycles. The fourth-order valence-corrected chi connectivity index (χ4v) is 3.96. The molecular formula is C28H25F4NO. The van der Waals surface area contributed by atoms with Crippen LogP contribution < -0.4 is 4.74 Å². The number of pyridine rings is 1. The van der Waals surface area contributed by atoms with E-state index in [2.05, 4.69) is 28.8 Å². The molecule has 0 spiro atoms. The number of aryl methyl sites for hydroxylation is 5. The molecule has 0 saturated heterocycles. The summed E-state index contributed by atoms with van der Waals surface area (Å²) in [6.07, 6.45) is 0.770. The molecule has 0 aliphatic heterocycles. The minimum atomic E-state index is -4.72.